The van der Waals surface area contributed by atoms with Crippen molar-refractivity contribution in [3.63, 3.8) is 0 Å². The molecule has 1 aliphatic rings. The van der Waals surface area contributed by atoms with Gasteiger partial charge in [-0.25, -0.2) is 4.79 Å². The summed E-state index contributed by atoms with van der Waals surface area (Å²) >= 11 is 0. The van der Waals surface area contributed by atoms with Crippen molar-refractivity contribution in [2.75, 3.05) is 7.11 Å². The number of primary amides is 1. The Morgan fingerprint density at radius 1 is 1.08 bits per heavy atom. The van der Waals surface area contributed by atoms with E-state index in [2.05, 4.69) is 0 Å². The predicted molar refractivity (Wildman–Crippen MR) is 96.0 cm³/mol. The molecule has 1 saturated carbocycles. The van der Waals surface area contributed by atoms with E-state index in [0.717, 1.165) is 11.1 Å². The van der Waals surface area contributed by atoms with Gasteiger partial charge in [0.1, 0.15) is 0 Å². The van der Waals surface area contributed by atoms with E-state index in [0.29, 0.717) is 13.0 Å². The number of hydrogen-bond donors (Lipinski definition) is 1. The lowest BCUT2D eigenvalue weighted by molar-refractivity contribution is -0.126. The van der Waals surface area contributed by atoms with E-state index in [1.165, 1.54) is 12.0 Å². The van der Waals surface area contributed by atoms with Crippen LogP contribution in [0.4, 0.5) is 4.79 Å². The summed E-state index contributed by atoms with van der Waals surface area (Å²) in [6.45, 7) is 0.572. The van der Waals surface area contributed by atoms with Crippen LogP contribution in [-0.2, 0) is 27.4 Å². The smallest absolute Gasteiger partial charge is 0.410 e. The second-order valence-electron chi connectivity index (χ2n) is 6.32. The van der Waals surface area contributed by atoms with Gasteiger partial charge in [-0.15, -0.1) is 0 Å². The summed E-state index contributed by atoms with van der Waals surface area (Å²) in [5, 5.41) is 0. The van der Waals surface area contributed by atoms with Crippen LogP contribution in [0.25, 0.3) is 0 Å². The van der Waals surface area contributed by atoms with Gasteiger partial charge in [-0.2, -0.15) is 0 Å². The molecule has 2 aromatic carbocycles. The van der Waals surface area contributed by atoms with Gasteiger partial charge in [-0.1, -0.05) is 60.7 Å². The standard InChI is InChI=1S/C20H22N2O4/c1-25-19(24)22(13-15-8-4-2-5-9-15)20(18(21)23)12-17(20)26-14-16-10-6-3-7-11-16/h2-11,17H,12-14H2,1H3,(H2,21,23)/t17-,20-/m1/s1. The molecule has 2 amide bonds. The highest BCUT2D eigenvalue weighted by Gasteiger charge is 2.66. The minimum Gasteiger partial charge on any atom is -0.453 e. The third-order valence-corrected chi connectivity index (χ3v) is 4.65. The Labute approximate surface area is 152 Å². The van der Waals surface area contributed by atoms with E-state index in [9.17, 15) is 9.59 Å². The Bertz CT molecular complexity index is 766. The van der Waals surface area contributed by atoms with E-state index >= 15 is 0 Å². The van der Waals surface area contributed by atoms with Gasteiger partial charge in [0.05, 0.1) is 26.4 Å². The van der Waals surface area contributed by atoms with Gasteiger partial charge < -0.3 is 15.2 Å². The molecule has 6 heteroatoms. The molecule has 0 heterocycles. The molecular formula is C20H22N2O4. The van der Waals surface area contributed by atoms with E-state index < -0.39 is 23.6 Å². The molecule has 0 aromatic heterocycles. The maximum absolute atomic E-state index is 12.4. The van der Waals surface area contributed by atoms with Gasteiger partial charge in [0.15, 0.2) is 5.54 Å². The quantitative estimate of drug-likeness (QED) is 0.828. The summed E-state index contributed by atoms with van der Waals surface area (Å²) in [5.74, 6) is -0.586. The van der Waals surface area contributed by atoms with E-state index in [1.54, 1.807) is 0 Å². The van der Waals surface area contributed by atoms with Crippen molar-refractivity contribution in [3.05, 3.63) is 71.8 Å². The topological polar surface area (TPSA) is 81.9 Å². The van der Waals surface area contributed by atoms with Gasteiger partial charge in [0, 0.05) is 6.42 Å². The van der Waals surface area contributed by atoms with E-state index in [-0.39, 0.29) is 6.54 Å². The number of nitrogens with zero attached hydrogens (tertiary/aromatic N) is 1. The predicted octanol–water partition coefficient (Wildman–Crippen LogP) is 2.47. The van der Waals surface area contributed by atoms with Crippen LogP contribution in [0.2, 0.25) is 0 Å². The molecule has 2 aromatic rings. The maximum atomic E-state index is 12.4. The fraction of sp³-hybridized carbons (Fsp3) is 0.300. The zero-order valence-corrected chi connectivity index (χ0v) is 14.6. The molecule has 136 valence electrons. The summed E-state index contributed by atoms with van der Waals surface area (Å²) in [7, 11) is 1.29. The Morgan fingerprint density at radius 2 is 1.65 bits per heavy atom. The lowest BCUT2D eigenvalue weighted by Gasteiger charge is -2.29. The first-order valence-corrected chi connectivity index (χ1v) is 8.43. The number of methoxy groups -OCH3 is 1. The molecule has 0 aliphatic heterocycles. The molecule has 2 atom stereocenters. The molecular weight excluding hydrogens is 332 g/mol. The van der Waals surface area contributed by atoms with Gasteiger partial charge in [0.2, 0.25) is 5.91 Å². The molecule has 0 radical (unpaired) electrons. The summed E-state index contributed by atoms with van der Waals surface area (Å²) in [6.07, 6.45) is -0.696. The first-order valence-electron chi connectivity index (χ1n) is 8.43. The third kappa shape index (κ3) is 3.55. The molecule has 1 aliphatic carbocycles. The lowest BCUT2D eigenvalue weighted by atomic mass is 10.1. The van der Waals surface area contributed by atoms with Gasteiger partial charge in [-0.05, 0) is 11.1 Å². The van der Waals surface area contributed by atoms with Crippen molar-refractivity contribution >= 4 is 12.0 Å². The Balaban J connectivity index is 1.77. The van der Waals surface area contributed by atoms with Gasteiger partial charge >= 0.3 is 6.09 Å². The number of amides is 2. The van der Waals surface area contributed by atoms with Crippen LogP contribution in [-0.4, -0.2) is 35.7 Å². The summed E-state index contributed by atoms with van der Waals surface area (Å²) in [4.78, 5) is 26.0. The number of ether oxygens (including phenoxy) is 2. The zero-order valence-electron chi connectivity index (χ0n) is 14.6. The minimum atomic E-state index is -1.18. The number of rotatable bonds is 7. The average Bonchev–Trinajstić information content (AvgIpc) is 3.41. The number of hydrogen-bond acceptors (Lipinski definition) is 4. The Hall–Kier alpha value is -2.86. The molecule has 0 bridgehead atoms. The average molecular weight is 354 g/mol. The fourth-order valence-corrected chi connectivity index (χ4v) is 3.11. The Kier molecular flexibility index (Phi) is 5.23. The normalized spacial score (nSPS) is 21.0. The van der Waals surface area contributed by atoms with Gasteiger partial charge in [0.25, 0.3) is 0 Å². The highest BCUT2D eigenvalue weighted by Crippen LogP contribution is 2.46. The molecule has 1 fully saturated rings. The number of carbonyl (C=O) groups is 2. The molecule has 26 heavy (non-hydrogen) atoms. The van der Waals surface area contributed by atoms with E-state index in [1.807, 2.05) is 60.7 Å². The molecule has 0 unspecified atom stereocenters. The van der Waals surface area contributed by atoms with Crippen LogP contribution in [0, 0.1) is 0 Å². The van der Waals surface area contributed by atoms with Crippen molar-refractivity contribution in [1.82, 2.24) is 4.90 Å². The van der Waals surface area contributed by atoms with Crippen molar-refractivity contribution in [2.45, 2.75) is 31.2 Å². The summed E-state index contributed by atoms with van der Waals surface area (Å²) < 4.78 is 10.8. The maximum Gasteiger partial charge on any atom is 0.410 e. The molecule has 0 spiro atoms. The van der Waals surface area contributed by atoms with Crippen LogP contribution in [0.1, 0.15) is 17.5 Å². The Morgan fingerprint density at radius 3 is 2.19 bits per heavy atom. The zero-order chi connectivity index (χ0) is 18.6. The highest BCUT2D eigenvalue weighted by molar-refractivity contribution is 5.93. The molecule has 0 saturated heterocycles. The molecule has 6 nitrogen and oxygen atoms in total. The van der Waals surface area contributed by atoms with Crippen molar-refractivity contribution in [3.8, 4) is 0 Å². The van der Waals surface area contributed by atoms with Crippen LogP contribution in [0.3, 0.4) is 0 Å². The van der Waals surface area contributed by atoms with Crippen LogP contribution in [0.15, 0.2) is 60.7 Å². The first kappa shape index (κ1) is 17.9. The second kappa shape index (κ2) is 7.58. The van der Waals surface area contributed by atoms with Gasteiger partial charge in [-0.3, -0.25) is 9.69 Å². The molecule has 3 rings (SSSR count). The minimum absolute atomic E-state index is 0.224. The van der Waals surface area contributed by atoms with E-state index in [4.69, 9.17) is 15.2 Å². The summed E-state index contributed by atoms with van der Waals surface area (Å²) in [5.41, 5.74) is 6.36. The SMILES string of the molecule is COC(=O)N(Cc1ccccc1)[C@]1(C(N)=O)C[C@H]1OCc1ccccc1. The number of benzene rings is 2. The van der Waals surface area contributed by atoms with Crippen molar-refractivity contribution in [1.29, 1.82) is 0 Å². The largest absolute Gasteiger partial charge is 0.453 e. The monoisotopic (exact) mass is 354 g/mol. The van der Waals surface area contributed by atoms with Crippen molar-refractivity contribution in [2.24, 2.45) is 5.73 Å². The highest BCUT2D eigenvalue weighted by atomic mass is 16.5. The number of carbonyl (C=O) groups excluding carboxylic acids is 2. The van der Waals surface area contributed by atoms with Crippen LogP contribution >= 0.6 is 0 Å². The fourth-order valence-electron chi connectivity index (χ4n) is 3.11. The van der Waals surface area contributed by atoms with Crippen LogP contribution < -0.4 is 5.73 Å². The summed E-state index contributed by atoms with van der Waals surface area (Å²) in [6, 6.07) is 19.0. The third-order valence-electron chi connectivity index (χ3n) is 4.65. The number of nitrogens with two attached hydrogens (primary N) is 1. The second-order valence-corrected chi connectivity index (χ2v) is 6.32. The first-order chi connectivity index (χ1) is 12.6. The van der Waals surface area contributed by atoms with Crippen molar-refractivity contribution < 1.29 is 19.1 Å². The molecule has 2 N–H and O–H groups in total. The van der Waals surface area contributed by atoms with Crippen LogP contribution in [0.5, 0.6) is 0 Å². The lowest BCUT2D eigenvalue weighted by Crippen LogP contribution is -2.52.